The summed E-state index contributed by atoms with van der Waals surface area (Å²) in [5.74, 6) is 0.321. The number of hydrogen-bond donors (Lipinski definition) is 1. The summed E-state index contributed by atoms with van der Waals surface area (Å²) >= 11 is 5.98. The Bertz CT molecular complexity index is 991. The van der Waals surface area contributed by atoms with Crippen LogP contribution in [0.2, 0.25) is 5.02 Å². The molecular weight excluding hydrogens is 400 g/mol. The zero-order chi connectivity index (χ0) is 20.5. The molecule has 3 rings (SSSR count). The van der Waals surface area contributed by atoms with Crippen LogP contribution in [0.4, 0.5) is 5.69 Å². The topological polar surface area (TPSA) is 75.7 Å². The molecule has 1 aliphatic rings. The summed E-state index contributed by atoms with van der Waals surface area (Å²) < 4.78 is 31.5. The van der Waals surface area contributed by atoms with Crippen molar-refractivity contribution in [2.45, 2.75) is 31.9 Å². The maximum absolute atomic E-state index is 12.8. The highest BCUT2D eigenvalue weighted by Gasteiger charge is 2.34. The molecule has 28 heavy (non-hydrogen) atoms. The number of nitrogens with one attached hydrogen (secondary N) is 1. The van der Waals surface area contributed by atoms with Gasteiger partial charge >= 0.3 is 0 Å². The first-order chi connectivity index (χ1) is 13.0. The Morgan fingerprint density at radius 1 is 1.25 bits per heavy atom. The van der Waals surface area contributed by atoms with E-state index in [1.807, 2.05) is 38.1 Å². The number of carbonyl (C=O) groups is 1. The van der Waals surface area contributed by atoms with Crippen LogP contribution in [0.25, 0.3) is 0 Å². The van der Waals surface area contributed by atoms with Crippen molar-refractivity contribution in [2.24, 2.45) is 0 Å². The van der Waals surface area contributed by atoms with Gasteiger partial charge in [-0.2, -0.15) is 0 Å². The highest BCUT2D eigenvalue weighted by Crippen LogP contribution is 2.39. The monoisotopic (exact) mass is 422 g/mol. The second-order valence-electron chi connectivity index (χ2n) is 7.47. The molecule has 2 aromatic rings. The fourth-order valence-corrected chi connectivity index (χ4v) is 4.37. The van der Waals surface area contributed by atoms with Gasteiger partial charge in [0.05, 0.1) is 18.0 Å². The molecule has 0 fully saturated rings. The molecule has 0 saturated carbocycles. The number of nitrogens with zero attached hydrogens (tertiary/aromatic N) is 1. The molecule has 1 N–H and O–H groups in total. The lowest BCUT2D eigenvalue weighted by Crippen LogP contribution is -2.45. The summed E-state index contributed by atoms with van der Waals surface area (Å²) in [6.45, 7) is 3.58. The second kappa shape index (κ2) is 7.64. The smallest absolute Gasteiger partial charge is 0.241 e. The van der Waals surface area contributed by atoms with Crippen LogP contribution in [0.15, 0.2) is 48.5 Å². The van der Waals surface area contributed by atoms with Crippen molar-refractivity contribution in [3.63, 3.8) is 0 Å². The lowest BCUT2D eigenvalue weighted by atomic mass is 9.89. The molecule has 150 valence electrons. The van der Waals surface area contributed by atoms with Crippen molar-refractivity contribution in [1.29, 1.82) is 0 Å². The van der Waals surface area contributed by atoms with Crippen molar-refractivity contribution in [3.05, 3.63) is 59.1 Å². The molecule has 1 aliphatic heterocycles. The minimum atomic E-state index is -3.66. The molecule has 8 heteroatoms. The van der Waals surface area contributed by atoms with Gasteiger partial charge in [-0.3, -0.25) is 9.10 Å². The number of benzene rings is 2. The van der Waals surface area contributed by atoms with Crippen LogP contribution in [0, 0.1) is 0 Å². The number of hydrogen-bond acceptors (Lipinski definition) is 4. The number of sulfonamides is 1. The third-order valence-corrected chi connectivity index (χ3v) is 5.87. The van der Waals surface area contributed by atoms with Crippen molar-refractivity contribution >= 4 is 33.2 Å². The predicted molar refractivity (Wildman–Crippen MR) is 110 cm³/mol. The van der Waals surface area contributed by atoms with E-state index in [2.05, 4.69) is 5.32 Å². The van der Waals surface area contributed by atoms with Gasteiger partial charge in [0, 0.05) is 17.0 Å². The van der Waals surface area contributed by atoms with Gasteiger partial charge in [-0.15, -0.1) is 0 Å². The minimum absolute atomic E-state index is 0.270. The molecular formula is C20H23ClN2O4S. The van der Waals surface area contributed by atoms with E-state index >= 15 is 0 Å². The molecule has 1 amide bonds. The van der Waals surface area contributed by atoms with Gasteiger partial charge in [0.1, 0.15) is 17.9 Å². The SMILES string of the molecule is CC1(C)C[C@@H](NC(=O)CN(c2cccc(Cl)c2)S(C)(=O)=O)c2ccccc2O1. The highest BCUT2D eigenvalue weighted by molar-refractivity contribution is 7.92. The first kappa shape index (κ1) is 20.5. The molecule has 0 aromatic heterocycles. The molecule has 2 aromatic carbocycles. The summed E-state index contributed by atoms with van der Waals surface area (Å²) in [5.41, 5.74) is 0.775. The number of amides is 1. The maximum Gasteiger partial charge on any atom is 0.241 e. The van der Waals surface area contributed by atoms with E-state index in [1.54, 1.807) is 18.2 Å². The molecule has 0 saturated heterocycles. The molecule has 0 radical (unpaired) electrons. The quantitative estimate of drug-likeness (QED) is 0.799. The van der Waals surface area contributed by atoms with Gasteiger partial charge in [-0.25, -0.2) is 8.42 Å². The maximum atomic E-state index is 12.8. The number of ether oxygens (including phenoxy) is 1. The van der Waals surface area contributed by atoms with Gasteiger partial charge in [0.15, 0.2) is 0 Å². The largest absolute Gasteiger partial charge is 0.487 e. The van der Waals surface area contributed by atoms with Crippen molar-refractivity contribution in [3.8, 4) is 5.75 Å². The first-order valence-corrected chi connectivity index (χ1v) is 11.1. The number of fused-ring (bicyclic) bond motifs is 1. The Kier molecular flexibility index (Phi) is 5.59. The summed E-state index contributed by atoms with van der Waals surface area (Å²) in [4.78, 5) is 12.8. The van der Waals surface area contributed by atoms with Crippen molar-refractivity contribution in [2.75, 3.05) is 17.1 Å². The third kappa shape index (κ3) is 4.77. The van der Waals surface area contributed by atoms with Gasteiger partial charge < -0.3 is 10.1 Å². The van der Waals surface area contributed by atoms with E-state index in [0.29, 0.717) is 17.1 Å². The van der Waals surface area contributed by atoms with Crippen LogP contribution in [0.3, 0.4) is 0 Å². The summed E-state index contributed by atoms with van der Waals surface area (Å²) in [5, 5.41) is 3.35. The van der Waals surface area contributed by atoms with Gasteiger partial charge in [-0.05, 0) is 38.1 Å². The number of para-hydroxylation sites is 1. The first-order valence-electron chi connectivity index (χ1n) is 8.86. The molecule has 6 nitrogen and oxygen atoms in total. The molecule has 0 spiro atoms. The molecule has 0 bridgehead atoms. The predicted octanol–water partition coefficient (Wildman–Crippen LogP) is 3.52. The molecule has 0 aliphatic carbocycles. The normalized spacial score (nSPS) is 17.9. The average molecular weight is 423 g/mol. The Labute approximate surface area is 170 Å². The fraction of sp³-hybridized carbons (Fsp3) is 0.350. The average Bonchev–Trinajstić information content (AvgIpc) is 2.57. The van der Waals surface area contributed by atoms with E-state index in [9.17, 15) is 13.2 Å². The highest BCUT2D eigenvalue weighted by atomic mass is 35.5. The standard InChI is InChI=1S/C20H23ClN2O4S/c1-20(2)12-17(16-9-4-5-10-18(16)27-20)22-19(24)13-23(28(3,25)26)15-8-6-7-14(21)11-15/h4-11,17H,12-13H2,1-3H3,(H,22,24)/t17-/m1/s1. The zero-order valence-electron chi connectivity index (χ0n) is 16.0. The number of carbonyl (C=O) groups excluding carboxylic acids is 1. The summed E-state index contributed by atoms with van der Waals surface area (Å²) in [6, 6.07) is 13.7. The van der Waals surface area contributed by atoms with E-state index in [4.69, 9.17) is 16.3 Å². The van der Waals surface area contributed by atoms with E-state index < -0.39 is 21.5 Å². The van der Waals surface area contributed by atoms with Crippen LogP contribution in [-0.4, -0.2) is 32.7 Å². The zero-order valence-corrected chi connectivity index (χ0v) is 17.5. The van der Waals surface area contributed by atoms with E-state index in [0.717, 1.165) is 21.9 Å². The lowest BCUT2D eigenvalue weighted by Gasteiger charge is -2.38. The molecule has 0 unspecified atom stereocenters. The Morgan fingerprint density at radius 3 is 2.64 bits per heavy atom. The Hall–Kier alpha value is -2.25. The number of halogens is 1. The van der Waals surface area contributed by atoms with Gasteiger partial charge in [-0.1, -0.05) is 35.9 Å². The summed E-state index contributed by atoms with van der Waals surface area (Å²) in [7, 11) is -3.66. The number of anilines is 1. The van der Waals surface area contributed by atoms with Gasteiger partial charge in [0.25, 0.3) is 0 Å². The van der Waals surface area contributed by atoms with Crippen LogP contribution >= 0.6 is 11.6 Å². The minimum Gasteiger partial charge on any atom is -0.487 e. The van der Waals surface area contributed by atoms with Crippen molar-refractivity contribution in [1.82, 2.24) is 5.32 Å². The third-order valence-electron chi connectivity index (χ3n) is 4.50. The van der Waals surface area contributed by atoms with Crippen molar-refractivity contribution < 1.29 is 17.9 Å². The van der Waals surface area contributed by atoms with E-state index in [1.165, 1.54) is 6.07 Å². The number of rotatable bonds is 5. The Balaban J connectivity index is 1.82. The molecule has 1 heterocycles. The lowest BCUT2D eigenvalue weighted by molar-refractivity contribution is -0.120. The van der Waals surface area contributed by atoms with E-state index in [-0.39, 0.29) is 12.6 Å². The van der Waals surface area contributed by atoms with Gasteiger partial charge in [0.2, 0.25) is 15.9 Å². The van der Waals surface area contributed by atoms with Crippen LogP contribution < -0.4 is 14.4 Å². The summed E-state index contributed by atoms with van der Waals surface area (Å²) in [6.07, 6.45) is 1.64. The second-order valence-corrected chi connectivity index (χ2v) is 9.82. The van der Waals surface area contributed by atoms with Crippen LogP contribution in [-0.2, 0) is 14.8 Å². The Morgan fingerprint density at radius 2 is 1.96 bits per heavy atom. The van der Waals surface area contributed by atoms with Crippen LogP contribution in [0.1, 0.15) is 31.9 Å². The fourth-order valence-electron chi connectivity index (χ4n) is 3.33. The molecule has 1 atom stereocenters. The van der Waals surface area contributed by atoms with Crippen LogP contribution in [0.5, 0.6) is 5.75 Å².